The maximum absolute atomic E-state index is 12.5. The second kappa shape index (κ2) is 8.12. The van der Waals surface area contributed by atoms with Crippen LogP contribution in [0.3, 0.4) is 0 Å². The molecule has 1 aliphatic carbocycles. The van der Waals surface area contributed by atoms with E-state index in [1.165, 1.54) is 5.56 Å². The minimum Gasteiger partial charge on any atom is -0.469 e. The molecule has 144 valence electrons. The Bertz CT molecular complexity index is 832. The number of allylic oxidation sites excluding steroid dienone is 1. The van der Waals surface area contributed by atoms with Crippen molar-refractivity contribution >= 4 is 29.2 Å². The first-order valence-electron chi connectivity index (χ1n) is 9.06. The molecule has 0 saturated heterocycles. The summed E-state index contributed by atoms with van der Waals surface area (Å²) in [7, 11) is 0. The van der Waals surface area contributed by atoms with Gasteiger partial charge in [-0.05, 0) is 41.9 Å². The summed E-state index contributed by atoms with van der Waals surface area (Å²) in [6, 6.07) is 12.0. The molecule has 0 N–H and O–H groups in total. The molecular formula is C22H24Cl2O3. The minimum absolute atomic E-state index is 0.101. The standard InChI is InChI=1S/C22H24Cl2O3/c1-14(20(23)24)9-18-19(22(18,2)3)21(25)27-13-16-11-17(26-12-16)10-15-7-5-4-6-8-15/h4-8,11-12,18-19H,9-10,13H2,1-3H3. The van der Waals surface area contributed by atoms with Crippen molar-refractivity contribution in [3.8, 4) is 0 Å². The molecule has 3 nitrogen and oxygen atoms in total. The summed E-state index contributed by atoms with van der Waals surface area (Å²) in [5, 5.41) is 0. The van der Waals surface area contributed by atoms with Gasteiger partial charge in [-0.1, -0.05) is 67.4 Å². The van der Waals surface area contributed by atoms with Crippen molar-refractivity contribution in [3.63, 3.8) is 0 Å². The smallest absolute Gasteiger partial charge is 0.310 e. The van der Waals surface area contributed by atoms with Crippen LogP contribution in [0.5, 0.6) is 0 Å². The summed E-state index contributed by atoms with van der Waals surface area (Å²) >= 11 is 11.7. The van der Waals surface area contributed by atoms with Crippen molar-refractivity contribution in [1.29, 1.82) is 0 Å². The van der Waals surface area contributed by atoms with E-state index in [9.17, 15) is 4.79 Å². The number of hydrogen-bond acceptors (Lipinski definition) is 3. The Morgan fingerprint density at radius 2 is 1.89 bits per heavy atom. The molecule has 1 aromatic heterocycles. The number of carbonyl (C=O) groups is 1. The first kappa shape index (κ1) is 20.0. The van der Waals surface area contributed by atoms with Gasteiger partial charge in [-0.25, -0.2) is 0 Å². The summed E-state index contributed by atoms with van der Waals surface area (Å²) in [6.07, 6.45) is 3.08. The number of carbonyl (C=O) groups excluding carboxylic acids is 1. The van der Waals surface area contributed by atoms with E-state index in [0.717, 1.165) is 23.3 Å². The van der Waals surface area contributed by atoms with Crippen LogP contribution in [0.1, 0.15) is 44.1 Å². The normalized spacial score (nSPS) is 20.2. The molecule has 2 aromatic rings. The molecule has 27 heavy (non-hydrogen) atoms. The fourth-order valence-electron chi connectivity index (χ4n) is 3.64. The second-order valence-corrected chi connectivity index (χ2v) is 8.79. The monoisotopic (exact) mass is 406 g/mol. The molecule has 0 amide bonds. The Labute approximate surface area is 170 Å². The summed E-state index contributed by atoms with van der Waals surface area (Å²) in [4.78, 5) is 12.5. The highest BCUT2D eigenvalue weighted by molar-refractivity contribution is 6.56. The van der Waals surface area contributed by atoms with Gasteiger partial charge < -0.3 is 9.15 Å². The lowest BCUT2D eigenvalue weighted by molar-refractivity contribution is -0.147. The molecule has 1 saturated carbocycles. The van der Waals surface area contributed by atoms with Gasteiger partial charge in [-0.2, -0.15) is 0 Å². The molecule has 1 heterocycles. The molecule has 1 aromatic carbocycles. The SMILES string of the molecule is CC(CC1C(C(=O)OCc2coc(Cc3ccccc3)c2)C1(C)C)=C(Cl)Cl. The third-order valence-electron chi connectivity index (χ3n) is 5.46. The zero-order chi connectivity index (χ0) is 19.6. The molecule has 1 aliphatic rings. The van der Waals surface area contributed by atoms with Gasteiger partial charge in [-0.15, -0.1) is 0 Å². The van der Waals surface area contributed by atoms with Crippen LogP contribution in [-0.2, 0) is 22.6 Å². The lowest BCUT2D eigenvalue weighted by Gasteiger charge is -2.04. The summed E-state index contributed by atoms with van der Waals surface area (Å²) in [6.45, 7) is 6.27. The van der Waals surface area contributed by atoms with E-state index in [-0.39, 0.29) is 34.3 Å². The number of benzene rings is 1. The zero-order valence-corrected chi connectivity index (χ0v) is 17.3. The summed E-state index contributed by atoms with van der Waals surface area (Å²) in [5.41, 5.74) is 2.85. The topological polar surface area (TPSA) is 39.4 Å². The Morgan fingerprint density at radius 3 is 2.56 bits per heavy atom. The number of hydrogen-bond donors (Lipinski definition) is 0. The molecule has 5 heteroatoms. The molecule has 0 bridgehead atoms. The quantitative estimate of drug-likeness (QED) is 0.507. The summed E-state index contributed by atoms with van der Waals surface area (Å²) < 4.78 is 11.4. The third kappa shape index (κ3) is 4.77. The van der Waals surface area contributed by atoms with Gasteiger partial charge in [0.15, 0.2) is 0 Å². The van der Waals surface area contributed by atoms with Crippen LogP contribution in [0.15, 0.2) is 57.1 Å². The van der Waals surface area contributed by atoms with Gasteiger partial charge in [0.2, 0.25) is 0 Å². The van der Waals surface area contributed by atoms with Crippen LogP contribution in [0.2, 0.25) is 0 Å². The van der Waals surface area contributed by atoms with Crippen molar-refractivity contribution in [2.45, 2.75) is 40.2 Å². The van der Waals surface area contributed by atoms with E-state index >= 15 is 0 Å². The van der Waals surface area contributed by atoms with Crippen molar-refractivity contribution < 1.29 is 13.9 Å². The highest BCUT2D eigenvalue weighted by Gasteiger charge is 2.62. The Kier molecular flexibility index (Phi) is 6.02. The highest BCUT2D eigenvalue weighted by atomic mass is 35.5. The number of ether oxygens (including phenoxy) is 1. The molecule has 2 atom stereocenters. The summed E-state index contributed by atoms with van der Waals surface area (Å²) in [5.74, 6) is 0.759. The second-order valence-electron chi connectivity index (χ2n) is 7.84. The molecule has 1 fully saturated rings. The Hall–Kier alpha value is -1.71. The fourth-order valence-corrected chi connectivity index (χ4v) is 3.79. The molecule has 0 spiro atoms. The van der Waals surface area contributed by atoms with Crippen LogP contribution < -0.4 is 0 Å². The lowest BCUT2D eigenvalue weighted by Crippen LogP contribution is -2.10. The first-order valence-corrected chi connectivity index (χ1v) is 9.82. The van der Waals surface area contributed by atoms with E-state index in [2.05, 4.69) is 26.0 Å². The van der Waals surface area contributed by atoms with Crippen molar-refractivity contribution in [2.75, 3.05) is 0 Å². The van der Waals surface area contributed by atoms with Gasteiger partial charge in [-0.3, -0.25) is 4.79 Å². The number of esters is 1. The average Bonchev–Trinajstić information content (AvgIpc) is 2.94. The van der Waals surface area contributed by atoms with Gasteiger partial charge in [0, 0.05) is 12.0 Å². The van der Waals surface area contributed by atoms with Gasteiger partial charge in [0.05, 0.1) is 12.2 Å². The number of furan rings is 1. The van der Waals surface area contributed by atoms with E-state index in [4.69, 9.17) is 32.4 Å². The molecule has 0 radical (unpaired) electrons. The van der Waals surface area contributed by atoms with E-state index in [1.807, 2.05) is 31.2 Å². The number of rotatable bonds is 7. The number of halogens is 2. The van der Waals surface area contributed by atoms with Crippen LogP contribution >= 0.6 is 23.2 Å². The Morgan fingerprint density at radius 1 is 1.19 bits per heavy atom. The largest absolute Gasteiger partial charge is 0.469 e. The zero-order valence-electron chi connectivity index (χ0n) is 15.8. The van der Waals surface area contributed by atoms with Gasteiger partial charge >= 0.3 is 5.97 Å². The first-order chi connectivity index (χ1) is 12.8. The van der Waals surface area contributed by atoms with Crippen molar-refractivity contribution in [3.05, 3.63) is 69.6 Å². The molecule has 3 rings (SSSR count). The van der Waals surface area contributed by atoms with E-state index in [0.29, 0.717) is 6.42 Å². The van der Waals surface area contributed by atoms with E-state index < -0.39 is 0 Å². The Balaban J connectivity index is 1.53. The molecular weight excluding hydrogens is 383 g/mol. The van der Waals surface area contributed by atoms with Crippen LogP contribution in [0.25, 0.3) is 0 Å². The van der Waals surface area contributed by atoms with Crippen LogP contribution in [0.4, 0.5) is 0 Å². The van der Waals surface area contributed by atoms with Crippen molar-refractivity contribution in [1.82, 2.24) is 0 Å². The van der Waals surface area contributed by atoms with Crippen LogP contribution in [-0.4, -0.2) is 5.97 Å². The molecule has 2 unspecified atom stereocenters. The predicted molar refractivity (Wildman–Crippen MR) is 108 cm³/mol. The maximum atomic E-state index is 12.5. The molecule has 0 aliphatic heterocycles. The predicted octanol–water partition coefficient (Wildman–Crippen LogP) is 6.29. The lowest BCUT2D eigenvalue weighted by atomic mass is 10.0. The maximum Gasteiger partial charge on any atom is 0.310 e. The average molecular weight is 407 g/mol. The fraction of sp³-hybridized carbons (Fsp3) is 0.409. The van der Waals surface area contributed by atoms with Gasteiger partial charge in [0.25, 0.3) is 0 Å². The van der Waals surface area contributed by atoms with Crippen molar-refractivity contribution in [2.24, 2.45) is 17.3 Å². The third-order valence-corrected chi connectivity index (χ3v) is 6.11. The van der Waals surface area contributed by atoms with E-state index in [1.54, 1.807) is 6.26 Å². The highest BCUT2D eigenvalue weighted by Crippen LogP contribution is 2.61. The minimum atomic E-state index is -0.172. The van der Waals surface area contributed by atoms with Crippen LogP contribution in [0, 0.1) is 17.3 Å². The van der Waals surface area contributed by atoms with Gasteiger partial charge in [0.1, 0.15) is 16.9 Å².